The minimum absolute atomic E-state index is 0. The fourth-order valence-corrected chi connectivity index (χ4v) is 2.45. The molecule has 6 heteroatoms. The number of ether oxygens (including phenoxy) is 2. The van der Waals surface area contributed by atoms with E-state index in [-0.39, 0.29) is 24.4 Å². The van der Waals surface area contributed by atoms with Crippen molar-refractivity contribution < 1.29 is 14.3 Å². The molecule has 1 saturated heterocycles. The molecule has 2 rings (SSSR count). The SMILES string of the molecule is Cl.NC1(C(=O)NCC2COCCO2)CCCCC1. The second-order valence-corrected chi connectivity index (χ2v) is 4.99. The van der Waals surface area contributed by atoms with Gasteiger partial charge in [-0.15, -0.1) is 12.4 Å². The molecule has 1 unspecified atom stereocenters. The van der Waals surface area contributed by atoms with Gasteiger partial charge in [0.05, 0.1) is 31.5 Å². The van der Waals surface area contributed by atoms with E-state index >= 15 is 0 Å². The van der Waals surface area contributed by atoms with Gasteiger partial charge in [-0.25, -0.2) is 0 Å². The van der Waals surface area contributed by atoms with Gasteiger partial charge in [0.2, 0.25) is 5.91 Å². The van der Waals surface area contributed by atoms with Gasteiger partial charge in [0.1, 0.15) is 0 Å². The largest absolute Gasteiger partial charge is 0.376 e. The Morgan fingerprint density at radius 2 is 2.00 bits per heavy atom. The van der Waals surface area contributed by atoms with E-state index < -0.39 is 5.54 Å². The number of carbonyl (C=O) groups is 1. The van der Waals surface area contributed by atoms with Crippen LogP contribution in [0, 0.1) is 0 Å². The third kappa shape index (κ3) is 4.09. The van der Waals surface area contributed by atoms with Crippen LogP contribution in [-0.4, -0.2) is 43.9 Å². The van der Waals surface area contributed by atoms with Crippen LogP contribution in [0.2, 0.25) is 0 Å². The Morgan fingerprint density at radius 1 is 1.28 bits per heavy atom. The second-order valence-electron chi connectivity index (χ2n) is 4.99. The Labute approximate surface area is 114 Å². The van der Waals surface area contributed by atoms with Crippen molar-refractivity contribution in [1.82, 2.24) is 5.32 Å². The molecule has 1 heterocycles. The van der Waals surface area contributed by atoms with E-state index in [0.717, 1.165) is 25.7 Å². The highest BCUT2D eigenvalue weighted by molar-refractivity contribution is 5.86. The fraction of sp³-hybridized carbons (Fsp3) is 0.917. The molecular weight excluding hydrogens is 256 g/mol. The minimum atomic E-state index is -0.659. The van der Waals surface area contributed by atoms with E-state index in [4.69, 9.17) is 15.2 Å². The Hall–Kier alpha value is -0.360. The van der Waals surface area contributed by atoms with Gasteiger partial charge in [-0.2, -0.15) is 0 Å². The van der Waals surface area contributed by atoms with Crippen molar-refractivity contribution in [2.24, 2.45) is 5.73 Å². The molecule has 1 aliphatic carbocycles. The maximum Gasteiger partial charge on any atom is 0.240 e. The first-order valence-electron chi connectivity index (χ1n) is 6.47. The van der Waals surface area contributed by atoms with E-state index in [0.29, 0.717) is 26.4 Å². The van der Waals surface area contributed by atoms with Gasteiger partial charge in [-0.05, 0) is 12.8 Å². The molecule has 0 aromatic carbocycles. The molecule has 0 aromatic rings. The Morgan fingerprint density at radius 3 is 2.61 bits per heavy atom. The van der Waals surface area contributed by atoms with Crippen LogP contribution in [-0.2, 0) is 14.3 Å². The highest BCUT2D eigenvalue weighted by Gasteiger charge is 2.35. The summed E-state index contributed by atoms with van der Waals surface area (Å²) < 4.78 is 10.7. The summed E-state index contributed by atoms with van der Waals surface area (Å²) in [5.41, 5.74) is 5.48. The lowest BCUT2D eigenvalue weighted by Crippen LogP contribution is -2.56. The van der Waals surface area contributed by atoms with Crippen molar-refractivity contribution in [3.8, 4) is 0 Å². The van der Waals surface area contributed by atoms with E-state index in [1.165, 1.54) is 6.42 Å². The summed E-state index contributed by atoms with van der Waals surface area (Å²) in [6.45, 7) is 2.30. The van der Waals surface area contributed by atoms with Gasteiger partial charge >= 0.3 is 0 Å². The molecule has 106 valence electrons. The lowest BCUT2D eigenvalue weighted by Gasteiger charge is -2.32. The highest BCUT2D eigenvalue weighted by atomic mass is 35.5. The molecule has 0 aromatic heterocycles. The number of halogens is 1. The smallest absolute Gasteiger partial charge is 0.240 e. The van der Waals surface area contributed by atoms with Crippen LogP contribution in [0.5, 0.6) is 0 Å². The predicted octanol–water partition coefficient (Wildman–Crippen LogP) is 0.601. The lowest BCUT2D eigenvalue weighted by atomic mass is 9.82. The third-order valence-corrected chi connectivity index (χ3v) is 3.57. The minimum Gasteiger partial charge on any atom is -0.376 e. The van der Waals surface area contributed by atoms with Gasteiger partial charge in [0.15, 0.2) is 0 Å². The third-order valence-electron chi connectivity index (χ3n) is 3.57. The van der Waals surface area contributed by atoms with Crippen molar-refractivity contribution >= 4 is 18.3 Å². The number of amides is 1. The molecule has 0 radical (unpaired) electrons. The molecule has 0 bridgehead atoms. The molecule has 2 fully saturated rings. The maximum absolute atomic E-state index is 12.0. The molecule has 18 heavy (non-hydrogen) atoms. The summed E-state index contributed by atoms with van der Waals surface area (Å²) in [7, 11) is 0. The summed E-state index contributed by atoms with van der Waals surface area (Å²) in [4.78, 5) is 12.0. The van der Waals surface area contributed by atoms with E-state index in [2.05, 4.69) is 5.32 Å². The molecule has 5 nitrogen and oxygen atoms in total. The molecule has 1 saturated carbocycles. The zero-order valence-corrected chi connectivity index (χ0v) is 11.5. The van der Waals surface area contributed by atoms with Crippen LogP contribution in [0.15, 0.2) is 0 Å². The van der Waals surface area contributed by atoms with Crippen LogP contribution in [0.1, 0.15) is 32.1 Å². The van der Waals surface area contributed by atoms with E-state index in [1.807, 2.05) is 0 Å². The lowest BCUT2D eigenvalue weighted by molar-refractivity contribution is -0.130. The van der Waals surface area contributed by atoms with Crippen LogP contribution in [0.25, 0.3) is 0 Å². The number of hydrogen-bond acceptors (Lipinski definition) is 4. The normalized spacial score (nSPS) is 27.1. The first-order valence-corrected chi connectivity index (χ1v) is 6.47. The van der Waals surface area contributed by atoms with Crippen molar-refractivity contribution in [3.05, 3.63) is 0 Å². The average Bonchev–Trinajstić information content (AvgIpc) is 2.38. The van der Waals surface area contributed by atoms with Crippen LogP contribution in [0.3, 0.4) is 0 Å². The maximum atomic E-state index is 12.0. The number of nitrogens with one attached hydrogen (secondary N) is 1. The van der Waals surface area contributed by atoms with Crippen LogP contribution >= 0.6 is 12.4 Å². The zero-order valence-electron chi connectivity index (χ0n) is 10.7. The van der Waals surface area contributed by atoms with Gasteiger partial charge in [0.25, 0.3) is 0 Å². The van der Waals surface area contributed by atoms with Crippen LogP contribution < -0.4 is 11.1 Å². The van der Waals surface area contributed by atoms with Crippen molar-refractivity contribution in [1.29, 1.82) is 0 Å². The predicted molar refractivity (Wildman–Crippen MR) is 70.8 cm³/mol. The first kappa shape index (κ1) is 15.7. The number of nitrogens with two attached hydrogens (primary N) is 1. The summed E-state index contributed by atoms with van der Waals surface area (Å²) in [5, 5.41) is 2.89. The van der Waals surface area contributed by atoms with Crippen molar-refractivity contribution in [2.45, 2.75) is 43.7 Å². The van der Waals surface area contributed by atoms with Crippen LogP contribution in [0.4, 0.5) is 0 Å². The zero-order chi connectivity index (χ0) is 12.1. The number of carbonyl (C=O) groups excluding carboxylic acids is 1. The number of rotatable bonds is 3. The second kappa shape index (κ2) is 7.28. The van der Waals surface area contributed by atoms with E-state index in [9.17, 15) is 4.79 Å². The van der Waals surface area contributed by atoms with Gasteiger partial charge in [-0.1, -0.05) is 19.3 Å². The summed E-state index contributed by atoms with van der Waals surface area (Å²) in [5.74, 6) is -0.0358. The topological polar surface area (TPSA) is 73.6 Å². The summed E-state index contributed by atoms with van der Waals surface area (Å²) in [6, 6.07) is 0. The fourth-order valence-electron chi connectivity index (χ4n) is 2.45. The molecule has 1 aliphatic heterocycles. The van der Waals surface area contributed by atoms with Gasteiger partial charge < -0.3 is 20.5 Å². The average molecular weight is 279 g/mol. The molecule has 2 aliphatic rings. The van der Waals surface area contributed by atoms with Gasteiger partial charge in [-0.3, -0.25) is 4.79 Å². The Balaban J connectivity index is 0.00000162. The highest BCUT2D eigenvalue weighted by Crippen LogP contribution is 2.25. The monoisotopic (exact) mass is 278 g/mol. The first-order chi connectivity index (χ1) is 8.21. The Kier molecular flexibility index (Phi) is 6.35. The Bertz CT molecular complexity index is 264. The molecule has 1 amide bonds. The van der Waals surface area contributed by atoms with Gasteiger partial charge in [0, 0.05) is 6.54 Å². The summed E-state index contributed by atoms with van der Waals surface area (Å²) >= 11 is 0. The molecule has 3 N–H and O–H groups in total. The van der Waals surface area contributed by atoms with Crippen molar-refractivity contribution in [2.75, 3.05) is 26.4 Å². The molecule has 1 atom stereocenters. The van der Waals surface area contributed by atoms with Crippen molar-refractivity contribution in [3.63, 3.8) is 0 Å². The standard InChI is InChI=1S/C12H22N2O3.ClH/c13-12(4-2-1-3-5-12)11(15)14-8-10-9-16-6-7-17-10;/h10H,1-9,13H2,(H,14,15);1H. The quantitative estimate of drug-likeness (QED) is 0.793. The molecule has 0 spiro atoms. The summed E-state index contributed by atoms with van der Waals surface area (Å²) in [6.07, 6.45) is 4.84. The molecular formula is C12H23ClN2O3. The van der Waals surface area contributed by atoms with E-state index in [1.54, 1.807) is 0 Å². The number of hydrogen-bond donors (Lipinski definition) is 2.